The van der Waals surface area contributed by atoms with Crippen LogP contribution in [0.3, 0.4) is 0 Å². The number of likely N-dealkylation sites (tertiary alicyclic amines) is 1. The van der Waals surface area contributed by atoms with Crippen LogP contribution in [0.4, 0.5) is 5.82 Å². The lowest BCUT2D eigenvalue weighted by Gasteiger charge is -2.23. The Hall–Kier alpha value is -2.70. The van der Waals surface area contributed by atoms with Crippen molar-refractivity contribution in [1.82, 2.24) is 20.2 Å². The zero-order valence-electron chi connectivity index (χ0n) is 17.4. The van der Waals surface area contributed by atoms with Crippen molar-refractivity contribution in [2.24, 2.45) is 0 Å². The van der Waals surface area contributed by atoms with Gasteiger partial charge in [0.15, 0.2) is 0 Å². The maximum atomic E-state index is 12.7. The molecule has 2 saturated heterocycles. The summed E-state index contributed by atoms with van der Waals surface area (Å²) in [4.78, 5) is 23.1. The monoisotopic (exact) mass is 403 g/mol. The van der Waals surface area contributed by atoms with Crippen molar-refractivity contribution in [2.45, 2.75) is 37.6 Å². The van der Waals surface area contributed by atoms with Gasteiger partial charge in [0.05, 0.1) is 5.52 Å². The summed E-state index contributed by atoms with van der Waals surface area (Å²) in [6.07, 6.45) is 6.55. The molecule has 0 saturated carbocycles. The molecule has 2 aliphatic rings. The fourth-order valence-corrected chi connectivity index (χ4v) is 4.85. The molecule has 156 valence electrons. The first kappa shape index (κ1) is 19.3. The van der Waals surface area contributed by atoms with E-state index in [4.69, 9.17) is 0 Å². The van der Waals surface area contributed by atoms with E-state index in [9.17, 15) is 4.79 Å². The number of anilines is 1. The van der Waals surface area contributed by atoms with E-state index in [1.807, 2.05) is 24.4 Å². The van der Waals surface area contributed by atoms with Crippen molar-refractivity contribution in [3.8, 4) is 0 Å². The topological polar surface area (TPSA) is 73.1 Å². The van der Waals surface area contributed by atoms with E-state index in [0.717, 1.165) is 43.4 Å². The summed E-state index contributed by atoms with van der Waals surface area (Å²) in [6, 6.07) is 12.6. The molecule has 6 nitrogen and oxygen atoms in total. The summed E-state index contributed by atoms with van der Waals surface area (Å²) in [5, 5.41) is 7.42. The quantitative estimate of drug-likeness (QED) is 0.615. The molecule has 5 rings (SSSR count). The Labute approximate surface area is 177 Å². The molecule has 2 fully saturated rings. The zero-order valence-corrected chi connectivity index (χ0v) is 17.4. The first-order valence-corrected chi connectivity index (χ1v) is 11.0. The number of carbonyl (C=O) groups excluding carboxylic acids is 1. The highest BCUT2D eigenvalue weighted by atomic mass is 16.1. The fraction of sp³-hybridized carbons (Fsp3) is 0.417. The van der Waals surface area contributed by atoms with Crippen molar-refractivity contribution in [2.75, 3.05) is 32.0 Å². The van der Waals surface area contributed by atoms with Gasteiger partial charge in [0, 0.05) is 34.9 Å². The lowest BCUT2D eigenvalue weighted by atomic mass is 9.90. The Morgan fingerprint density at radius 1 is 1.13 bits per heavy atom. The van der Waals surface area contributed by atoms with Crippen LogP contribution in [0.5, 0.6) is 0 Å². The number of hydrogen-bond donors (Lipinski definition) is 3. The molecule has 3 aromatic rings. The molecular formula is C24H29N5O. The van der Waals surface area contributed by atoms with Gasteiger partial charge in [-0.1, -0.05) is 12.1 Å². The minimum absolute atomic E-state index is 0.124. The fourth-order valence-electron chi connectivity index (χ4n) is 4.85. The van der Waals surface area contributed by atoms with Crippen molar-refractivity contribution in [3.05, 3.63) is 59.4 Å². The van der Waals surface area contributed by atoms with E-state index in [0.29, 0.717) is 23.3 Å². The van der Waals surface area contributed by atoms with Gasteiger partial charge in [0.1, 0.15) is 5.82 Å². The normalized spacial score (nSPS) is 20.6. The van der Waals surface area contributed by atoms with Crippen molar-refractivity contribution >= 4 is 22.6 Å². The summed E-state index contributed by atoms with van der Waals surface area (Å²) >= 11 is 0. The number of aromatic amines is 1. The lowest BCUT2D eigenvalue weighted by Crippen LogP contribution is -2.26. The average molecular weight is 404 g/mol. The van der Waals surface area contributed by atoms with E-state index >= 15 is 0 Å². The molecule has 2 aromatic heterocycles. The van der Waals surface area contributed by atoms with Gasteiger partial charge in [-0.05, 0) is 82.0 Å². The number of carbonyl (C=O) groups is 1. The van der Waals surface area contributed by atoms with Crippen LogP contribution in [0, 0.1) is 0 Å². The summed E-state index contributed by atoms with van der Waals surface area (Å²) in [7, 11) is 2.17. The summed E-state index contributed by atoms with van der Waals surface area (Å²) in [5.41, 5.74) is 4.22. The van der Waals surface area contributed by atoms with Gasteiger partial charge in [0.25, 0.3) is 5.91 Å². The van der Waals surface area contributed by atoms with Gasteiger partial charge in [-0.25, -0.2) is 4.98 Å². The summed E-state index contributed by atoms with van der Waals surface area (Å²) in [6.45, 7) is 3.27. The van der Waals surface area contributed by atoms with Crippen LogP contribution in [0.25, 0.3) is 10.9 Å². The highest BCUT2D eigenvalue weighted by molar-refractivity contribution is 6.04. The van der Waals surface area contributed by atoms with E-state index in [-0.39, 0.29) is 5.91 Å². The number of benzene rings is 1. The smallest absolute Gasteiger partial charge is 0.256 e. The van der Waals surface area contributed by atoms with Crippen LogP contribution in [0.1, 0.15) is 59.3 Å². The van der Waals surface area contributed by atoms with Crippen LogP contribution in [-0.2, 0) is 0 Å². The molecule has 2 aliphatic heterocycles. The first-order chi connectivity index (χ1) is 14.7. The first-order valence-electron chi connectivity index (χ1n) is 11.0. The van der Waals surface area contributed by atoms with Crippen molar-refractivity contribution in [1.29, 1.82) is 0 Å². The molecule has 30 heavy (non-hydrogen) atoms. The molecular weight excluding hydrogens is 374 g/mol. The van der Waals surface area contributed by atoms with Gasteiger partial charge >= 0.3 is 0 Å². The predicted octanol–water partition coefficient (Wildman–Crippen LogP) is 4.05. The highest BCUT2D eigenvalue weighted by Crippen LogP contribution is 2.32. The predicted molar refractivity (Wildman–Crippen MR) is 120 cm³/mol. The molecule has 0 radical (unpaired) electrons. The van der Waals surface area contributed by atoms with E-state index in [1.165, 1.54) is 24.1 Å². The van der Waals surface area contributed by atoms with Crippen LogP contribution in [0.2, 0.25) is 0 Å². The zero-order chi connectivity index (χ0) is 20.5. The number of nitrogens with one attached hydrogen (secondary N) is 3. The average Bonchev–Trinajstić information content (AvgIpc) is 3.39. The molecule has 1 atom stereocenters. The third-order valence-corrected chi connectivity index (χ3v) is 6.63. The number of piperidine rings is 1. The molecule has 1 amide bonds. The molecule has 0 spiro atoms. The third-order valence-electron chi connectivity index (χ3n) is 6.63. The van der Waals surface area contributed by atoms with Crippen LogP contribution in [-0.4, -0.2) is 47.5 Å². The second-order valence-electron chi connectivity index (χ2n) is 8.62. The Kier molecular flexibility index (Phi) is 5.27. The number of hydrogen-bond acceptors (Lipinski definition) is 4. The lowest BCUT2D eigenvalue weighted by molar-refractivity contribution is 0.102. The van der Waals surface area contributed by atoms with E-state index in [2.05, 4.69) is 50.7 Å². The molecule has 0 aliphatic carbocycles. The maximum Gasteiger partial charge on any atom is 0.256 e. The molecule has 4 heterocycles. The number of rotatable bonds is 4. The minimum atomic E-state index is -0.124. The third kappa shape index (κ3) is 3.85. The van der Waals surface area contributed by atoms with Gasteiger partial charge in [-0.2, -0.15) is 0 Å². The van der Waals surface area contributed by atoms with Crippen molar-refractivity contribution < 1.29 is 4.79 Å². The van der Waals surface area contributed by atoms with Gasteiger partial charge < -0.3 is 15.6 Å². The molecule has 3 N–H and O–H groups in total. The second-order valence-corrected chi connectivity index (χ2v) is 8.62. The maximum absolute atomic E-state index is 12.7. The largest absolute Gasteiger partial charge is 0.357 e. The molecule has 6 heteroatoms. The number of nitrogens with zero attached hydrogens (tertiary/aromatic N) is 2. The number of aromatic nitrogens is 2. The van der Waals surface area contributed by atoms with Crippen LogP contribution < -0.4 is 10.6 Å². The van der Waals surface area contributed by atoms with Crippen LogP contribution >= 0.6 is 0 Å². The Morgan fingerprint density at radius 2 is 1.93 bits per heavy atom. The number of amides is 1. The SMILES string of the molecule is CN1CCC[C@@H]1c1cc2cnc(NC(=O)c3ccc(C4CCNCC4)cc3)cc2[nH]1. The van der Waals surface area contributed by atoms with Gasteiger partial charge in [0.2, 0.25) is 0 Å². The molecule has 1 aromatic carbocycles. The number of H-pyrrole nitrogens is 1. The number of fused-ring (bicyclic) bond motifs is 1. The molecule has 0 unspecified atom stereocenters. The summed E-state index contributed by atoms with van der Waals surface area (Å²) < 4.78 is 0. The van der Waals surface area contributed by atoms with Crippen LogP contribution in [0.15, 0.2) is 42.6 Å². The second kappa shape index (κ2) is 8.20. The van der Waals surface area contributed by atoms with Gasteiger partial charge in [-0.15, -0.1) is 0 Å². The Bertz CT molecular complexity index is 1040. The van der Waals surface area contributed by atoms with Gasteiger partial charge in [-0.3, -0.25) is 9.69 Å². The minimum Gasteiger partial charge on any atom is -0.357 e. The van der Waals surface area contributed by atoms with E-state index < -0.39 is 0 Å². The van der Waals surface area contributed by atoms with E-state index in [1.54, 1.807) is 0 Å². The highest BCUT2D eigenvalue weighted by Gasteiger charge is 2.24. The van der Waals surface area contributed by atoms with Crippen molar-refractivity contribution in [3.63, 3.8) is 0 Å². The Morgan fingerprint density at radius 3 is 2.67 bits per heavy atom. The summed E-state index contributed by atoms with van der Waals surface area (Å²) in [5.74, 6) is 1.04. The Balaban J connectivity index is 1.29. The number of pyridine rings is 1. The standard InChI is InChI=1S/C24H29N5O/c1-29-12-2-3-22(29)21-13-19-15-26-23(14-20(19)27-21)28-24(30)18-6-4-16(5-7-18)17-8-10-25-11-9-17/h4-7,13-15,17,22,25,27H,2-3,8-12H2,1H3,(H,26,28,30)/t22-/m1/s1. The molecule has 0 bridgehead atoms.